The lowest BCUT2D eigenvalue weighted by Crippen LogP contribution is -2.25. The zero-order chi connectivity index (χ0) is 14.5. The third-order valence-corrected chi connectivity index (χ3v) is 4.13. The minimum Gasteiger partial charge on any atom is -0.476 e. The van der Waals surface area contributed by atoms with E-state index in [0.717, 1.165) is 3.57 Å². The fourth-order valence-electron chi connectivity index (χ4n) is 1.51. The Labute approximate surface area is 133 Å². The molecule has 0 radical (unpaired) electrons. The highest BCUT2D eigenvalue weighted by atomic mass is 127. The van der Waals surface area contributed by atoms with Gasteiger partial charge < -0.3 is 10.4 Å². The lowest BCUT2D eigenvalue weighted by Gasteiger charge is -2.03. The van der Waals surface area contributed by atoms with Crippen LogP contribution in [0.15, 0.2) is 29.6 Å². The van der Waals surface area contributed by atoms with E-state index in [-0.39, 0.29) is 11.6 Å². The summed E-state index contributed by atoms with van der Waals surface area (Å²) in [6.07, 6.45) is 0.522. The largest absolute Gasteiger partial charge is 0.476 e. The predicted molar refractivity (Wildman–Crippen MR) is 84.3 cm³/mol. The summed E-state index contributed by atoms with van der Waals surface area (Å²) in [6, 6.07) is 7.27. The van der Waals surface area contributed by atoms with Crippen molar-refractivity contribution in [2.24, 2.45) is 0 Å². The zero-order valence-electron chi connectivity index (χ0n) is 10.3. The molecule has 104 valence electrons. The van der Waals surface area contributed by atoms with Gasteiger partial charge in [0.05, 0.1) is 5.01 Å². The van der Waals surface area contributed by atoms with E-state index in [1.54, 1.807) is 12.1 Å². The molecule has 1 heterocycles. The van der Waals surface area contributed by atoms with Gasteiger partial charge in [-0.25, -0.2) is 9.78 Å². The van der Waals surface area contributed by atoms with E-state index < -0.39 is 5.97 Å². The lowest BCUT2D eigenvalue weighted by molar-refractivity contribution is 0.0690. The van der Waals surface area contributed by atoms with Crippen molar-refractivity contribution >= 4 is 45.8 Å². The second-order valence-corrected chi connectivity index (χ2v) is 6.13. The molecule has 2 aromatic rings. The molecule has 1 aromatic carbocycles. The molecule has 1 amide bonds. The molecular weight excluding hydrogens is 391 g/mol. The topological polar surface area (TPSA) is 79.3 Å². The van der Waals surface area contributed by atoms with Gasteiger partial charge in [0.2, 0.25) is 0 Å². The number of thiazole rings is 1. The highest BCUT2D eigenvalue weighted by Gasteiger charge is 2.09. The first-order valence-corrected chi connectivity index (χ1v) is 7.73. The monoisotopic (exact) mass is 402 g/mol. The van der Waals surface area contributed by atoms with Gasteiger partial charge in [0.1, 0.15) is 0 Å². The van der Waals surface area contributed by atoms with E-state index in [1.807, 2.05) is 12.1 Å². The van der Waals surface area contributed by atoms with Crippen LogP contribution in [0.5, 0.6) is 0 Å². The maximum absolute atomic E-state index is 11.8. The number of hydrogen-bond acceptors (Lipinski definition) is 4. The quantitative estimate of drug-likeness (QED) is 0.754. The number of hydrogen-bond donors (Lipinski definition) is 2. The van der Waals surface area contributed by atoms with Gasteiger partial charge in [-0.15, -0.1) is 11.3 Å². The summed E-state index contributed by atoms with van der Waals surface area (Å²) in [5, 5.41) is 13.7. The number of halogens is 1. The van der Waals surface area contributed by atoms with Crippen molar-refractivity contribution in [3.63, 3.8) is 0 Å². The van der Waals surface area contributed by atoms with Crippen molar-refractivity contribution < 1.29 is 14.7 Å². The summed E-state index contributed by atoms with van der Waals surface area (Å²) in [4.78, 5) is 26.5. The highest BCUT2D eigenvalue weighted by Crippen LogP contribution is 2.10. The average Bonchev–Trinajstić information content (AvgIpc) is 2.88. The molecule has 5 nitrogen and oxygen atoms in total. The third-order valence-electron chi connectivity index (χ3n) is 2.50. The lowest BCUT2D eigenvalue weighted by atomic mass is 10.2. The van der Waals surface area contributed by atoms with Crippen molar-refractivity contribution in [3.05, 3.63) is 49.5 Å². The molecule has 0 bridgehead atoms. The van der Waals surface area contributed by atoms with Crippen LogP contribution in [0.3, 0.4) is 0 Å². The number of aromatic carboxylic acids is 1. The van der Waals surface area contributed by atoms with Crippen LogP contribution in [0.2, 0.25) is 0 Å². The van der Waals surface area contributed by atoms with Crippen molar-refractivity contribution in [1.82, 2.24) is 10.3 Å². The van der Waals surface area contributed by atoms with Gasteiger partial charge >= 0.3 is 5.97 Å². The maximum atomic E-state index is 11.8. The number of nitrogens with zero attached hydrogens (tertiary/aromatic N) is 1. The molecule has 0 aliphatic heterocycles. The Morgan fingerprint density at radius 2 is 2.00 bits per heavy atom. The van der Waals surface area contributed by atoms with Crippen LogP contribution >= 0.6 is 33.9 Å². The second-order valence-electron chi connectivity index (χ2n) is 3.94. The van der Waals surface area contributed by atoms with Gasteiger partial charge in [-0.05, 0) is 46.9 Å². The Balaban J connectivity index is 1.84. The van der Waals surface area contributed by atoms with E-state index in [1.165, 1.54) is 16.7 Å². The standard InChI is InChI=1S/C13H11IN2O3S/c14-9-3-1-8(2-4-9)12(17)15-6-5-11-16-10(7-20-11)13(18)19/h1-4,7H,5-6H2,(H,15,17)(H,18,19). The number of aromatic nitrogens is 1. The summed E-state index contributed by atoms with van der Waals surface area (Å²) in [6.45, 7) is 0.428. The van der Waals surface area contributed by atoms with Crippen LogP contribution in [0, 0.1) is 3.57 Å². The molecule has 0 unspecified atom stereocenters. The normalized spacial score (nSPS) is 10.2. The van der Waals surface area contributed by atoms with Gasteiger partial charge in [-0.3, -0.25) is 4.79 Å². The number of carbonyl (C=O) groups excluding carboxylic acids is 1. The van der Waals surface area contributed by atoms with E-state index in [0.29, 0.717) is 23.5 Å². The third kappa shape index (κ3) is 4.01. The Morgan fingerprint density at radius 1 is 1.30 bits per heavy atom. The van der Waals surface area contributed by atoms with Crippen molar-refractivity contribution in [2.75, 3.05) is 6.54 Å². The van der Waals surface area contributed by atoms with Gasteiger partial charge in [0.25, 0.3) is 5.91 Å². The fourth-order valence-corrected chi connectivity index (χ4v) is 2.64. The maximum Gasteiger partial charge on any atom is 0.355 e. The van der Waals surface area contributed by atoms with E-state index in [9.17, 15) is 9.59 Å². The number of carbonyl (C=O) groups is 2. The van der Waals surface area contributed by atoms with Crippen molar-refractivity contribution in [1.29, 1.82) is 0 Å². The molecule has 7 heteroatoms. The smallest absolute Gasteiger partial charge is 0.355 e. The van der Waals surface area contributed by atoms with E-state index in [4.69, 9.17) is 5.11 Å². The molecule has 0 aliphatic carbocycles. The van der Waals surface area contributed by atoms with Crippen LogP contribution in [-0.2, 0) is 6.42 Å². The molecule has 1 aromatic heterocycles. The van der Waals surface area contributed by atoms with Gasteiger partial charge in [0, 0.05) is 27.5 Å². The van der Waals surface area contributed by atoms with Crippen LogP contribution in [0.1, 0.15) is 25.9 Å². The van der Waals surface area contributed by atoms with Gasteiger partial charge in [-0.1, -0.05) is 0 Å². The zero-order valence-corrected chi connectivity index (χ0v) is 13.3. The number of rotatable bonds is 5. The molecule has 0 saturated carbocycles. The molecule has 0 aliphatic rings. The van der Waals surface area contributed by atoms with E-state index in [2.05, 4.69) is 32.9 Å². The first-order valence-electron chi connectivity index (χ1n) is 5.78. The summed E-state index contributed by atoms with van der Waals surface area (Å²) < 4.78 is 1.07. The van der Waals surface area contributed by atoms with E-state index >= 15 is 0 Å². The molecule has 20 heavy (non-hydrogen) atoms. The molecule has 0 atom stereocenters. The Hall–Kier alpha value is -1.48. The SMILES string of the molecule is O=C(NCCc1nc(C(=O)O)cs1)c1ccc(I)cc1. The number of nitrogens with one attached hydrogen (secondary N) is 1. The fraction of sp³-hybridized carbons (Fsp3) is 0.154. The molecule has 0 spiro atoms. The number of amides is 1. The Kier molecular flexibility index (Phi) is 5.07. The van der Waals surface area contributed by atoms with Crippen LogP contribution in [0.4, 0.5) is 0 Å². The average molecular weight is 402 g/mol. The van der Waals surface area contributed by atoms with Crippen molar-refractivity contribution in [2.45, 2.75) is 6.42 Å². The second kappa shape index (κ2) is 6.80. The summed E-state index contributed by atoms with van der Waals surface area (Å²) in [5.41, 5.74) is 0.657. The summed E-state index contributed by atoms with van der Waals surface area (Å²) >= 11 is 3.46. The summed E-state index contributed by atoms with van der Waals surface area (Å²) in [5.74, 6) is -1.17. The number of carboxylic acid groups (broad SMARTS) is 1. The molecule has 2 rings (SSSR count). The minimum absolute atomic E-state index is 0.0500. The molecular formula is C13H11IN2O3S. The van der Waals surface area contributed by atoms with Crippen molar-refractivity contribution in [3.8, 4) is 0 Å². The predicted octanol–water partition coefficient (Wildman–Crippen LogP) is 2.42. The number of carboxylic acids is 1. The first-order chi connectivity index (χ1) is 9.56. The van der Waals surface area contributed by atoms with Gasteiger partial charge in [-0.2, -0.15) is 0 Å². The highest BCUT2D eigenvalue weighted by molar-refractivity contribution is 14.1. The van der Waals surface area contributed by atoms with Crippen LogP contribution < -0.4 is 5.32 Å². The molecule has 0 saturated heterocycles. The number of benzene rings is 1. The summed E-state index contributed by atoms with van der Waals surface area (Å²) in [7, 11) is 0. The van der Waals surface area contributed by atoms with Crippen LogP contribution in [-0.4, -0.2) is 28.5 Å². The Morgan fingerprint density at radius 3 is 2.60 bits per heavy atom. The molecule has 0 fully saturated rings. The van der Waals surface area contributed by atoms with Crippen LogP contribution in [0.25, 0.3) is 0 Å². The molecule has 2 N–H and O–H groups in total. The van der Waals surface area contributed by atoms with Gasteiger partial charge in [0.15, 0.2) is 5.69 Å². The first kappa shape index (κ1) is 14.9. The minimum atomic E-state index is -1.03. The Bertz CT molecular complexity index is 625.